The number of imidazole rings is 1. The molecular weight excluding hydrogens is 537 g/mol. The summed E-state index contributed by atoms with van der Waals surface area (Å²) < 4.78 is 23.9. The molecule has 9 nitrogen and oxygen atoms in total. The summed E-state index contributed by atoms with van der Waals surface area (Å²) in [5, 5.41) is 5.41. The van der Waals surface area contributed by atoms with Gasteiger partial charge in [0.2, 0.25) is 5.91 Å². The van der Waals surface area contributed by atoms with Crippen LogP contribution in [0.5, 0.6) is 11.5 Å². The van der Waals surface area contributed by atoms with Crippen LogP contribution in [-0.2, 0) is 4.79 Å². The van der Waals surface area contributed by atoms with E-state index in [0.717, 1.165) is 24.5 Å². The third-order valence-electron chi connectivity index (χ3n) is 7.05. The fraction of sp³-hybridized carbons (Fsp3) is 0.188. The molecule has 212 valence electrons. The van der Waals surface area contributed by atoms with Gasteiger partial charge in [-0.3, -0.25) is 19.0 Å². The Balaban J connectivity index is 1.17. The quantitative estimate of drug-likeness (QED) is 0.235. The molecule has 0 unspecified atom stereocenters. The van der Waals surface area contributed by atoms with Crippen LogP contribution >= 0.6 is 0 Å². The van der Waals surface area contributed by atoms with Crippen LogP contribution in [0.15, 0.2) is 90.1 Å². The van der Waals surface area contributed by atoms with E-state index in [-0.39, 0.29) is 34.7 Å². The summed E-state index contributed by atoms with van der Waals surface area (Å²) in [6.07, 6.45) is 6.70. The van der Waals surface area contributed by atoms with Gasteiger partial charge in [-0.15, -0.1) is 0 Å². The second-order valence-corrected chi connectivity index (χ2v) is 10.5. The molecule has 3 heterocycles. The number of nitrogens with one attached hydrogen (secondary N) is 2. The van der Waals surface area contributed by atoms with Gasteiger partial charge in [0.1, 0.15) is 17.0 Å². The average molecular weight is 566 g/mol. The molecule has 0 atom stereocenters. The number of nitrogens with zero attached hydrogens (tertiary/aromatic N) is 3. The average Bonchev–Trinajstić information content (AvgIpc) is 3.75. The van der Waals surface area contributed by atoms with E-state index >= 15 is 4.39 Å². The van der Waals surface area contributed by atoms with E-state index in [1.807, 2.05) is 38.1 Å². The number of ether oxygens (including phenoxy) is 1. The van der Waals surface area contributed by atoms with Crippen LogP contribution in [0.1, 0.15) is 48.5 Å². The van der Waals surface area contributed by atoms with E-state index in [0.29, 0.717) is 22.9 Å². The highest BCUT2D eigenvalue weighted by atomic mass is 19.1. The molecule has 6 rings (SSSR count). The summed E-state index contributed by atoms with van der Waals surface area (Å²) in [4.78, 5) is 42.7. The maximum absolute atomic E-state index is 15.0. The lowest BCUT2D eigenvalue weighted by Gasteiger charge is -2.15. The predicted molar refractivity (Wildman–Crippen MR) is 157 cm³/mol. The summed E-state index contributed by atoms with van der Waals surface area (Å²) in [6.45, 7) is 4.07. The number of carbonyl (C=O) groups is 2. The third-order valence-corrected chi connectivity index (χ3v) is 7.05. The molecule has 1 aliphatic carbocycles. The normalized spacial score (nSPS) is 12.9. The fourth-order valence-corrected chi connectivity index (χ4v) is 4.70. The van der Waals surface area contributed by atoms with Crippen molar-refractivity contribution in [2.24, 2.45) is 5.92 Å². The van der Waals surface area contributed by atoms with Crippen LogP contribution in [0.25, 0.3) is 11.3 Å². The summed E-state index contributed by atoms with van der Waals surface area (Å²) >= 11 is 0. The maximum atomic E-state index is 15.0. The van der Waals surface area contributed by atoms with Gasteiger partial charge in [-0.05, 0) is 66.8 Å². The van der Waals surface area contributed by atoms with Gasteiger partial charge >= 0.3 is 0 Å². The molecule has 5 aromatic rings. The second kappa shape index (κ2) is 11.0. The van der Waals surface area contributed by atoms with Crippen molar-refractivity contribution in [3.05, 3.63) is 113 Å². The van der Waals surface area contributed by atoms with Crippen molar-refractivity contribution in [3.63, 3.8) is 0 Å². The summed E-state index contributed by atoms with van der Waals surface area (Å²) in [7, 11) is 0. The van der Waals surface area contributed by atoms with Crippen molar-refractivity contribution in [1.82, 2.24) is 14.0 Å². The van der Waals surface area contributed by atoms with Crippen LogP contribution < -0.4 is 20.9 Å². The van der Waals surface area contributed by atoms with Crippen molar-refractivity contribution >= 4 is 29.0 Å². The van der Waals surface area contributed by atoms with Gasteiger partial charge in [0, 0.05) is 23.9 Å². The minimum Gasteiger partial charge on any atom is -0.453 e. The summed E-state index contributed by atoms with van der Waals surface area (Å²) in [5.74, 6) is -0.435. The molecule has 1 saturated carbocycles. The fourth-order valence-electron chi connectivity index (χ4n) is 4.70. The van der Waals surface area contributed by atoms with Crippen LogP contribution in [0.2, 0.25) is 0 Å². The zero-order valence-electron chi connectivity index (χ0n) is 23.0. The van der Waals surface area contributed by atoms with E-state index in [1.165, 1.54) is 22.8 Å². The van der Waals surface area contributed by atoms with Crippen molar-refractivity contribution in [1.29, 1.82) is 0 Å². The van der Waals surface area contributed by atoms with Crippen molar-refractivity contribution in [2.75, 3.05) is 10.6 Å². The third kappa shape index (κ3) is 5.51. The van der Waals surface area contributed by atoms with E-state index in [1.54, 1.807) is 41.2 Å². The Hall–Kier alpha value is -5.25. The Labute approximate surface area is 240 Å². The van der Waals surface area contributed by atoms with Gasteiger partial charge in [0.05, 0.1) is 18.1 Å². The first kappa shape index (κ1) is 26.9. The van der Waals surface area contributed by atoms with E-state index in [4.69, 9.17) is 4.74 Å². The zero-order chi connectivity index (χ0) is 29.4. The highest BCUT2D eigenvalue weighted by Crippen LogP contribution is 2.31. The van der Waals surface area contributed by atoms with E-state index in [2.05, 4.69) is 15.6 Å². The van der Waals surface area contributed by atoms with Crippen LogP contribution in [0, 0.1) is 11.7 Å². The number of halogens is 1. The number of pyridine rings is 2. The molecule has 0 radical (unpaired) electrons. The van der Waals surface area contributed by atoms with Gasteiger partial charge in [0.25, 0.3) is 11.5 Å². The lowest BCUT2D eigenvalue weighted by molar-refractivity contribution is -0.117. The van der Waals surface area contributed by atoms with Crippen LogP contribution in [-0.4, -0.2) is 25.8 Å². The predicted octanol–water partition coefficient (Wildman–Crippen LogP) is 6.14. The van der Waals surface area contributed by atoms with Crippen molar-refractivity contribution in [3.8, 4) is 17.2 Å². The SMILES string of the molecule is CC(C)c1ccccc1-n1cccc(C(=O)Nc2ccc(Oc3ccc4nc(NC(=O)C5CC5)cn4c3)c(F)c2)c1=O. The van der Waals surface area contributed by atoms with Crippen molar-refractivity contribution < 1.29 is 18.7 Å². The molecule has 3 aromatic heterocycles. The lowest BCUT2D eigenvalue weighted by Crippen LogP contribution is -2.28. The zero-order valence-corrected chi connectivity index (χ0v) is 23.0. The molecule has 0 spiro atoms. The molecule has 1 aliphatic rings. The van der Waals surface area contributed by atoms with E-state index in [9.17, 15) is 14.4 Å². The Morgan fingerprint density at radius 1 is 1.00 bits per heavy atom. The molecule has 1 fully saturated rings. The van der Waals surface area contributed by atoms with E-state index < -0.39 is 17.3 Å². The standard InChI is InChI=1S/C32H28FN5O4/c1-19(2)23-6-3-4-8-26(23)38-15-5-7-24(32(38)41)31(40)34-21-11-13-27(25(33)16-21)42-22-12-14-29-35-28(18-37(29)17-22)36-30(39)20-9-10-20/h3-8,11-20H,9-10H2,1-2H3,(H,34,40)(H,36,39). The Bertz CT molecular complexity index is 1890. The first-order valence-corrected chi connectivity index (χ1v) is 13.7. The Morgan fingerprint density at radius 2 is 1.81 bits per heavy atom. The Morgan fingerprint density at radius 3 is 2.57 bits per heavy atom. The lowest BCUT2D eigenvalue weighted by atomic mass is 10.0. The number of fused-ring (bicyclic) bond motifs is 1. The van der Waals surface area contributed by atoms with Gasteiger partial charge in [0.15, 0.2) is 17.4 Å². The molecular formula is C32H28FN5O4. The summed E-state index contributed by atoms with van der Waals surface area (Å²) in [5.41, 5.74) is 1.89. The number of benzene rings is 2. The van der Waals surface area contributed by atoms with Crippen LogP contribution in [0.3, 0.4) is 0 Å². The monoisotopic (exact) mass is 565 g/mol. The number of hydrogen-bond donors (Lipinski definition) is 2. The van der Waals surface area contributed by atoms with Crippen LogP contribution in [0.4, 0.5) is 15.9 Å². The maximum Gasteiger partial charge on any atom is 0.267 e. The minimum absolute atomic E-state index is 0.0430. The molecule has 0 bridgehead atoms. The molecule has 2 aromatic carbocycles. The largest absolute Gasteiger partial charge is 0.453 e. The molecule has 2 amide bonds. The summed E-state index contributed by atoms with van der Waals surface area (Å²) in [6, 6.07) is 18.0. The van der Waals surface area contributed by atoms with Gasteiger partial charge in [-0.25, -0.2) is 9.37 Å². The number of para-hydroxylation sites is 1. The number of carbonyl (C=O) groups excluding carboxylic acids is 2. The highest BCUT2D eigenvalue weighted by molar-refractivity contribution is 6.04. The van der Waals surface area contributed by atoms with Crippen molar-refractivity contribution in [2.45, 2.75) is 32.6 Å². The smallest absolute Gasteiger partial charge is 0.267 e. The first-order valence-electron chi connectivity index (χ1n) is 13.7. The molecule has 0 saturated heterocycles. The van der Waals surface area contributed by atoms with Gasteiger partial charge in [-0.1, -0.05) is 32.0 Å². The number of rotatable bonds is 8. The minimum atomic E-state index is -0.702. The molecule has 42 heavy (non-hydrogen) atoms. The molecule has 2 N–H and O–H groups in total. The number of aromatic nitrogens is 3. The number of anilines is 2. The first-order chi connectivity index (χ1) is 20.3. The number of amides is 2. The van der Waals surface area contributed by atoms with Gasteiger partial charge < -0.3 is 19.8 Å². The number of hydrogen-bond acceptors (Lipinski definition) is 5. The molecule has 0 aliphatic heterocycles. The highest BCUT2D eigenvalue weighted by Gasteiger charge is 2.30. The Kier molecular flexibility index (Phi) is 7.03. The second-order valence-electron chi connectivity index (χ2n) is 10.5. The van der Waals surface area contributed by atoms with Gasteiger partial charge in [-0.2, -0.15) is 0 Å². The topological polar surface area (TPSA) is 107 Å². The molecule has 10 heteroatoms.